The van der Waals surface area contributed by atoms with Gasteiger partial charge in [-0.1, -0.05) is 30.7 Å². The van der Waals surface area contributed by atoms with Crippen molar-refractivity contribution in [3.63, 3.8) is 0 Å². The summed E-state index contributed by atoms with van der Waals surface area (Å²) in [5.74, 6) is -1.59. The zero-order valence-electron chi connectivity index (χ0n) is 10.5. The zero-order chi connectivity index (χ0) is 14.9. The Balaban J connectivity index is 2.85. The number of carbonyl (C=O) groups excluding carboxylic acids is 1. The number of hydrogen-bond acceptors (Lipinski definition) is 4. The number of nitrogens with zero attached hydrogens (tertiary/aromatic N) is 1. The first-order chi connectivity index (χ1) is 9.47. The Bertz CT molecular complexity index is 792. The summed E-state index contributed by atoms with van der Waals surface area (Å²) in [5.41, 5.74) is -2.35. The van der Waals surface area contributed by atoms with Gasteiger partial charge in [0.15, 0.2) is 5.78 Å². The molecule has 1 aromatic heterocycles. The van der Waals surface area contributed by atoms with Crippen LogP contribution in [0, 0.1) is 0 Å². The SMILES string of the molecule is CCC(=O)c1c([O-])n(-c2ccccc2Cl)c(=O)[nH]c1=O. The fraction of sp³-hybridized carbons (Fsp3) is 0.154. The van der Waals surface area contributed by atoms with Crippen LogP contribution in [0.4, 0.5) is 0 Å². The fourth-order valence-corrected chi connectivity index (χ4v) is 2.01. The molecule has 0 aliphatic rings. The molecule has 7 heteroatoms. The number of carbonyl (C=O) groups is 1. The predicted octanol–water partition coefficient (Wildman–Crippen LogP) is 0.845. The van der Waals surface area contributed by atoms with Crippen LogP contribution in [-0.2, 0) is 0 Å². The Kier molecular flexibility index (Phi) is 3.76. The highest BCUT2D eigenvalue weighted by Gasteiger charge is 2.15. The van der Waals surface area contributed by atoms with Gasteiger partial charge in [0, 0.05) is 6.42 Å². The Morgan fingerprint density at radius 2 is 2.00 bits per heavy atom. The summed E-state index contributed by atoms with van der Waals surface area (Å²) in [7, 11) is 0. The Labute approximate surface area is 118 Å². The number of para-hydroxylation sites is 1. The summed E-state index contributed by atoms with van der Waals surface area (Å²) in [5, 5.41) is 12.4. The third kappa shape index (κ3) is 2.25. The molecule has 0 saturated carbocycles. The van der Waals surface area contributed by atoms with Crippen LogP contribution >= 0.6 is 11.6 Å². The van der Waals surface area contributed by atoms with E-state index in [0.717, 1.165) is 0 Å². The highest BCUT2D eigenvalue weighted by Crippen LogP contribution is 2.22. The van der Waals surface area contributed by atoms with E-state index in [1.54, 1.807) is 12.1 Å². The number of rotatable bonds is 3. The highest BCUT2D eigenvalue weighted by atomic mass is 35.5. The molecule has 0 bridgehead atoms. The summed E-state index contributed by atoms with van der Waals surface area (Å²) in [6.07, 6.45) is -0.0148. The van der Waals surface area contributed by atoms with Gasteiger partial charge >= 0.3 is 5.69 Å². The van der Waals surface area contributed by atoms with Crippen molar-refractivity contribution in [3.8, 4) is 11.6 Å². The average molecular weight is 294 g/mol. The molecule has 1 heterocycles. The molecule has 2 rings (SSSR count). The minimum atomic E-state index is -0.977. The van der Waals surface area contributed by atoms with Crippen molar-refractivity contribution in [2.24, 2.45) is 0 Å². The molecule has 0 aliphatic carbocycles. The average Bonchev–Trinajstić information content (AvgIpc) is 2.40. The number of ketones is 1. The number of nitrogens with one attached hydrogen (secondary N) is 1. The summed E-state index contributed by atoms with van der Waals surface area (Å²) >= 11 is 5.93. The van der Waals surface area contributed by atoms with Gasteiger partial charge in [-0.25, -0.2) is 4.79 Å². The monoisotopic (exact) mass is 293 g/mol. The van der Waals surface area contributed by atoms with Crippen molar-refractivity contribution in [2.45, 2.75) is 13.3 Å². The molecule has 0 atom stereocenters. The van der Waals surface area contributed by atoms with E-state index in [2.05, 4.69) is 0 Å². The number of halogens is 1. The Hall–Kier alpha value is -2.34. The van der Waals surface area contributed by atoms with Crippen LogP contribution in [0.5, 0.6) is 5.88 Å². The largest absolute Gasteiger partial charge is 0.859 e. The maximum absolute atomic E-state index is 12.2. The van der Waals surface area contributed by atoms with Crippen molar-refractivity contribution >= 4 is 17.4 Å². The molecular formula is C13H10ClN2O4-. The van der Waals surface area contributed by atoms with E-state index in [4.69, 9.17) is 11.6 Å². The van der Waals surface area contributed by atoms with Crippen LogP contribution < -0.4 is 16.4 Å². The molecule has 104 valence electrons. The topological polar surface area (TPSA) is 95.0 Å². The van der Waals surface area contributed by atoms with Gasteiger partial charge in [-0.2, -0.15) is 0 Å². The van der Waals surface area contributed by atoms with Crippen LogP contribution in [-0.4, -0.2) is 15.3 Å². The first-order valence-corrected chi connectivity index (χ1v) is 6.19. The Morgan fingerprint density at radius 3 is 2.60 bits per heavy atom. The molecule has 0 unspecified atom stereocenters. The third-order valence-corrected chi connectivity index (χ3v) is 3.08. The van der Waals surface area contributed by atoms with Gasteiger partial charge in [-0.05, 0) is 18.0 Å². The number of H-pyrrole nitrogens is 1. The van der Waals surface area contributed by atoms with Gasteiger partial charge in [-0.15, -0.1) is 0 Å². The van der Waals surface area contributed by atoms with Crippen molar-refractivity contribution in [2.75, 3.05) is 0 Å². The second kappa shape index (κ2) is 5.34. The number of hydrogen-bond donors (Lipinski definition) is 1. The second-order valence-electron chi connectivity index (χ2n) is 4.00. The lowest BCUT2D eigenvalue weighted by Gasteiger charge is -2.19. The van der Waals surface area contributed by atoms with Crippen molar-refractivity contribution in [1.29, 1.82) is 0 Å². The van der Waals surface area contributed by atoms with Gasteiger partial charge in [0.05, 0.1) is 16.3 Å². The van der Waals surface area contributed by atoms with E-state index in [1.165, 1.54) is 19.1 Å². The quantitative estimate of drug-likeness (QED) is 0.849. The standard InChI is InChI=1S/C13H11ClN2O4/c1-2-9(17)10-11(18)15-13(20)16(12(10)19)8-6-4-3-5-7(8)14/h3-6,19H,2H2,1H3,(H,15,18,20)/p-1. The van der Waals surface area contributed by atoms with Gasteiger partial charge in [0.25, 0.3) is 5.56 Å². The summed E-state index contributed by atoms with van der Waals surface area (Å²) in [6.45, 7) is 1.52. The lowest BCUT2D eigenvalue weighted by Crippen LogP contribution is -2.35. The van der Waals surface area contributed by atoms with E-state index in [1.807, 2.05) is 4.98 Å². The van der Waals surface area contributed by atoms with Crippen molar-refractivity contribution in [1.82, 2.24) is 9.55 Å². The smallest absolute Gasteiger partial charge is 0.332 e. The van der Waals surface area contributed by atoms with Crippen LogP contribution in [0.3, 0.4) is 0 Å². The molecule has 0 radical (unpaired) electrons. The van der Waals surface area contributed by atoms with Crippen LogP contribution in [0.2, 0.25) is 5.02 Å². The number of Topliss-reactive ketones (excluding diaryl/α,β-unsaturated/α-hetero) is 1. The van der Waals surface area contributed by atoms with E-state index >= 15 is 0 Å². The van der Waals surface area contributed by atoms with Crippen LogP contribution in [0.25, 0.3) is 5.69 Å². The molecule has 1 aromatic carbocycles. The van der Waals surface area contributed by atoms with E-state index in [-0.39, 0.29) is 17.1 Å². The number of benzene rings is 1. The van der Waals surface area contributed by atoms with Crippen molar-refractivity contribution < 1.29 is 9.90 Å². The van der Waals surface area contributed by atoms with Gasteiger partial charge in [0.1, 0.15) is 0 Å². The molecule has 1 N–H and O–H groups in total. The van der Waals surface area contributed by atoms with Crippen LogP contribution in [0.15, 0.2) is 33.9 Å². The normalized spacial score (nSPS) is 10.5. The van der Waals surface area contributed by atoms with Gasteiger partial charge in [-0.3, -0.25) is 19.1 Å². The lowest BCUT2D eigenvalue weighted by molar-refractivity contribution is -0.278. The predicted molar refractivity (Wildman–Crippen MR) is 71.7 cm³/mol. The molecule has 0 fully saturated rings. The molecule has 0 aliphatic heterocycles. The Morgan fingerprint density at radius 1 is 1.35 bits per heavy atom. The first-order valence-electron chi connectivity index (χ1n) is 5.81. The minimum Gasteiger partial charge on any atom is -0.859 e. The van der Waals surface area contributed by atoms with Gasteiger partial charge < -0.3 is 5.11 Å². The summed E-state index contributed by atoms with van der Waals surface area (Å²) in [6, 6.07) is 6.16. The summed E-state index contributed by atoms with van der Waals surface area (Å²) < 4.78 is 0.687. The molecular weight excluding hydrogens is 284 g/mol. The van der Waals surface area contributed by atoms with Crippen molar-refractivity contribution in [3.05, 3.63) is 55.7 Å². The molecule has 0 spiro atoms. The van der Waals surface area contributed by atoms with E-state index < -0.39 is 28.5 Å². The van der Waals surface area contributed by atoms with Crippen LogP contribution in [0.1, 0.15) is 23.7 Å². The maximum Gasteiger partial charge on any atom is 0.332 e. The third-order valence-electron chi connectivity index (χ3n) is 2.76. The first kappa shape index (κ1) is 14.1. The van der Waals surface area contributed by atoms with E-state index in [0.29, 0.717) is 4.57 Å². The lowest BCUT2D eigenvalue weighted by atomic mass is 10.1. The summed E-state index contributed by atoms with van der Waals surface area (Å²) in [4.78, 5) is 37.0. The maximum atomic E-state index is 12.2. The number of aromatic amines is 1. The number of aromatic nitrogens is 2. The van der Waals surface area contributed by atoms with E-state index in [9.17, 15) is 19.5 Å². The molecule has 6 nitrogen and oxygen atoms in total. The fourth-order valence-electron chi connectivity index (χ4n) is 1.79. The zero-order valence-corrected chi connectivity index (χ0v) is 11.2. The molecule has 2 aromatic rings. The molecule has 20 heavy (non-hydrogen) atoms. The highest BCUT2D eigenvalue weighted by molar-refractivity contribution is 6.32. The molecule has 0 amide bonds. The molecule has 0 saturated heterocycles. The van der Waals surface area contributed by atoms with Gasteiger partial charge in [0.2, 0.25) is 0 Å². The minimum absolute atomic E-state index is 0.0148. The second-order valence-corrected chi connectivity index (χ2v) is 4.41.